The number of hydrogen-bond donors (Lipinski definition) is 1. The van der Waals surface area contributed by atoms with E-state index in [0.717, 1.165) is 10.0 Å². The van der Waals surface area contributed by atoms with Crippen LogP contribution in [0.5, 0.6) is 0 Å². The fourth-order valence-electron chi connectivity index (χ4n) is 0.785. The quantitative estimate of drug-likeness (QED) is 0.601. The highest BCUT2D eigenvalue weighted by atomic mass is 79.9. The summed E-state index contributed by atoms with van der Waals surface area (Å²) in [7, 11) is 1.65. The van der Waals surface area contributed by atoms with Crippen molar-refractivity contribution in [2.45, 2.75) is 0 Å². The lowest BCUT2D eigenvalue weighted by Gasteiger charge is -2.01. The van der Waals surface area contributed by atoms with Crippen LogP contribution in [-0.2, 0) is 0 Å². The molecule has 0 bridgehead atoms. The zero-order valence-electron chi connectivity index (χ0n) is 6.51. The van der Waals surface area contributed by atoms with E-state index in [0.29, 0.717) is 10.9 Å². The second-order valence-corrected chi connectivity index (χ2v) is 3.50. The summed E-state index contributed by atoms with van der Waals surface area (Å²) < 4.78 is 0.827. The Morgan fingerprint density at radius 3 is 2.75 bits per heavy atom. The maximum atomic E-state index is 5.80. The Bertz CT molecular complexity index is 323. The molecule has 0 fully saturated rings. The number of halogens is 2. The smallest absolute Gasteiger partial charge is 0.125 e. The third kappa shape index (κ3) is 1.99. The zero-order valence-corrected chi connectivity index (χ0v) is 8.85. The van der Waals surface area contributed by atoms with Crippen LogP contribution in [-0.4, -0.2) is 12.9 Å². The van der Waals surface area contributed by atoms with E-state index in [4.69, 9.17) is 17.3 Å². The Balaban J connectivity index is 3.13. The predicted molar refractivity (Wildman–Crippen MR) is 55.8 cm³/mol. The monoisotopic (exact) mass is 246 g/mol. The molecular weight excluding hydrogens is 239 g/mol. The van der Waals surface area contributed by atoms with Crippen molar-refractivity contribution in [2.24, 2.45) is 10.7 Å². The van der Waals surface area contributed by atoms with Crippen LogP contribution >= 0.6 is 27.5 Å². The molecule has 0 saturated heterocycles. The van der Waals surface area contributed by atoms with E-state index in [1.54, 1.807) is 13.1 Å². The molecule has 0 heterocycles. The molecule has 0 aliphatic carbocycles. The van der Waals surface area contributed by atoms with Crippen molar-refractivity contribution < 1.29 is 0 Å². The number of hydrogen-bond acceptors (Lipinski definition) is 1. The van der Waals surface area contributed by atoms with Gasteiger partial charge in [0.2, 0.25) is 0 Å². The molecule has 0 saturated carbocycles. The lowest BCUT2D eigenvalue weighted by atomic mass is 10.2. The van der Waals surface area contributed by atoms with E-state index in [1.807, 2.05) is 12.1 Å². The van der Waals surface area contributed by atoms with Crippen molar-refractivity contribution >= 4 is 33.4 Å². The third-order valence-corrected chi connectivity index (χ3v) is 2.67. The number of amidine groups is 1. The van der Waals surface area contributed by atoms with E-state index < -0.39 is 0 Å². The van der Waals surface area contributed by atoms with Gasteiger partial charge in [0, 0.05) is 17.1 Å². The van der Waals surface area contributed by atoms with Gasteiger partial charge in [-0.25, -0.2) is 0 Å². The topological polar surface area (TPSA) is 38.4 Å². The molecule has 64 valence electrons. The molecule has 1 aromatic rings. The molecule has 0 aliphatic heterocycles. The summed E-state index contributed by atoms with van der Waals surface area (Å²) in [5.74, 6) is 0.507. The normalized spacial score (nSPS) is 11.8. The highest BCUT2D eigenvalue weighted by Crippen LogP contribution is 2.22. The first-order chi connectivity index (χ1) is 5.65. The number of rotatable bonds is 1. The molecular formula is C8H8BrClN2. The molecule has 1 aromatic carbocycles. The van der Waals surface area contributed by atoms with Crippen LogP contribution in [0.3, 0.4) is 0 Å². The van der Waals surface area contributed by atoms with Gasteiger partial charge in [-0.3, -0.25) is 4.99 Å². The van der Waals surface area contributed by atoms with Gasteiger partial charge in [0.25, 0.3) is 0 Å². The third-order valence-electron chi connectivity index (χ3n) is 1.46. The molecule has 1 rings (SSSR count). The standard InChI is InChI=1S/C8H8BrClN2/c1-12-8(11)5-2-3-7(10)6(9)4-5/h2-4H,1H3,(H2,11,12). The second kappa shape index (κ2) is 3.92. The average molecular weight is 248 g/mol. The number of nitrogens with two attached hydrogens (primary N) is 1. The average Bonchev–Trinajstić information content (AvgIpc) is 2.08. The Hall–Kier alpha value is -0.540. The van der Waals surface area contributed by atoms with Crippen molar-refractivity contribution in [1.29, 1.82) is 0 Å². The molecule has 2 N–H and O–H groups in total. The predicted octanol–water partition coefficient (Wildman–Crippen LogP) is 2.44. The summed E-state index contributed by atoms with van der Waals surface area (Å²) in [6, 6.07) is 5.44. The van der Waals surface area contributed by atoms with Crippen molar-refractivity contribution in [3.63, 3.8) is 0 Å². The van der Waals surface area contributed by atoms with Gasteiger partial charge in [-0.05, 0) is 34.1 Å². The first-order valence-corrected chi connectivity index (χ1v) is 4.50. The Morgan fingerprint density at radius 1 is 1.58 bits per heavy atom. The maximum Gasteiger partial charge on any atom is 0.125 e. The minimum Gasteiger partial charge on any atom is -0.384 e. The minimum absolute atomic E-state index is 0.507. The summed E-state index contributed by atoms with van der Waals surface area (Å²) in [5, 5.41) is 0.669. The molecule has 0 atom stereocenters. The lowest BCUT2D eigenvalue weighted by Crippen LogP contribution is -2.12. The Labute approximate surface area is 84.6 Å². The number of benzene rings is 1. The van der Waals surface area contributed by atoms with Gasteiger partial charge in [0.1, 0.15) is 5.84 Å². The Morgan fingerprint density at radius 2 is 2.25 bits per heavy atom. The van der Waals surface area contributed by atoms with E-state index in [2.05, 4.69) is 20.9 Å². The fraction of sp³-hybridized carbons (Fsp3) is 0.125. The van der Waals surface area contributed by atoms with Gasteiger partial charge >= 0.3 is 0 Å². The van der Waals surface area contributed by atoms with Crippen molar-refractivity contribution in [3.8, 4) is 0 Å². The zero-order chi connectivity index (χ0) is 9.14. The largest absolute Gasteiger partial charge is 0.384 e. The minimum atomic E-state index is 0.507. The van der Waals surface area contributed by atoms with Crippen LogP contribution in [0.25, 0.3) is 0 Å². The van der Waals surface area contributed by atoms with E-state index >= 15 is 0 Å². The Kier molecular flexibility index (Phi) is 3.12. The van der Waals surface area contributed by atoms with Crippen LogP contribution in [0, 0.1) is 0 Å². The first kappa shape index (κ1) is 9.55. The molecule has 0 radical (unpaired) electrons. The van der Waals surface area contributed by atoms with Crippen molar-refractivity contribution in [2.75, 3.05) is 7.05 Å². The van der Waals surface area contributed by atoms with Crippen molar-refractivity contribution in [1.82, 2.24) is 0 Å². The molecule has 2 nitrogen and oxygen atoms in total. The van der Waals surface area contributed by atoms with Gasteiger partial charge in [-0.1, -0.05) is 11.6 Å². The van der Waals surface area contributed by atoms with Crippen LogP contribution in [0.15, 0.2) is 27.7 Å². The molecule has 0 aliphatic rings. The van der Waals surface area contributed by atoms with Gasteiger partial charge < -0.3 is 5.73 Å². The fourth-order valence-corrected chi connectivity index (χ4v) is 1.28. The molecule has 4 heteroatoms. The lowest BCUT2D eigenvalue weighted by molar-refractivity contribution is 1.39. The first-order valence-electron chi connectivity index (χ1n) is 3.33. The highest BCUT2D eigenvalue weighted by molar-refractivity contribution is 9.10. The highest BCUT2D eigenvalue weighted by Gasteiger charge is 2.00. The van der Waals surface area contributed by atoms with E-state index in [9.17, 15) is 0 Å². The molecule has 0 unspecified atom stereocenters. The second-order valence-electron chi connectivity index (χ2n) is 2.24. The van der Waals surface area contributed by atoms with Gasteiger partial charge in [-0.2, -0.15) is 0 Å². The van der Waals surface area contributed by atoms with Gasteiger partial charge in [0.05, 0.1) is 5.02 Å². The number of aliphatic imine (C=N–C) groups is 1. The summed E-state index contributed by atoms with van der Waals surface area (Å²) in [6.45, 7) is 0. The van der Waals surface area contributed by atoms with Crippen LogP contribution in [0.4, 0.5) is 0 Å². The van der Waals surface area contributed by atoms with Crippen LogP contribution in [0.1, 0.15) is 5.56 Å². The van der Waals surface area contributed by atoms with Crippen LogP contribution in [0.2, 0.25) is 5.02 Å². The van der Waals surface area contributed by atoms with Crippen molar-refractivity contribution in [3.05, 3.63) is 33.3 Å². The molecule has 12 heavy (non-hydrogen) atoms. The maximum absolute atomic E-state index is 5.80. The van der Waals surface area contributed by atoms with E-state index in [-0.39, 0.29) is 0 Å². The van der Waals surface area contributed by atoms with Gasteiger partial charge in [0.15, 0.2) is 0 Å². The molecule has 0 aromatic heterocycles. The SMILES string of the molecule is CN=C(N)c1ccc(Cl)c(Br)c1. The summed E-state index contributed by atoms with van der Waals surface area (Å²) in [4.78, 5) is 3.86. The summed E-state index contributed by atoms with van der Waals surface area (Å²) >= 11 is 9.10. The molecule has 0 amide bonds. The van der Waals surface area contributed by atoms with Crippen LogP contribution < -0.4 is 5.73 Å². The summed E-state index contributed by atoms with van der Waals surface area (Å²) in [6.07, 6.45) is 0. The summed E-state index contributed by atoms with van der Waals surface area (Å²) in [5.41, 5.74) is 6.47. The molecule has 0 spiro atoms. The van der Waals surface area contributed by atoms with Gasteiger partial charge in [-0.15, -0.1) is 0 Å². The number of nitrogens with zero attached hydrogens (tertiary/aromatic N) is 1. The van der Waals surface area contributed by atoms with E-state index in [1.165, 1.54) is 0 Å².